The summed E-state index contributed by atoms with van der Waals surface area (Å²) in [4.78, 5) is 3.42. The molecule has 1 atom stereocenters. The summed E-state index contributed by atoms with van der Waals surface area (Å²) in [5.41, 5.74) is 6.78. The second-order valence-corrected chi connectivity index (χ2v) is 6.58. The van der Waals surface area contributed by atoms with Gasteiger partial charge in [0, 0.05) is 23.9 Å². The van der Waals surface area contributed by atoms with Crippen LogP contribution in [0.2, 0.25) is 4.34 Å². The largest absolute Gasteiger partial charge is 0.388 e. The Balaban J connectivity index is 2.15. The average molecular weight is 308 g/mol. The molecule has 0 saturated carbocycles. The van der Waals surface area contributed by atoms with Gasteiger partial charge < -0.3 is 5.73 Å². The van der Waals surface area contributed by atoms with Crippen LogP contribution >= 0.6 is 22.9 Å². The van der Waals surface area contributed by atoms with E-state index in [1.54, 1.807) is 11.3 Å². The summed E-state index contributed by atoms with van der Waals surface area (Å²) in [5.74, 6) is 0.204. The molecule has 2 rings (SSSR count). The van der Waals surface area contributed by atoms with Crippen LogP contribution in [0.3, 0.4) is 0 Å². The predicted octanol–water partition coefficient (Wildman–Crippen LogP) is 3.90. The number of nitrogens with zero attached hydrogens (tertiary/aromatic N) is 1. The monoisotopic (exact) mass is 307 g/mol. The molecule has 0 aliphatic carbocycles. The number of rotatable bonds is 6. The normalized spacial score (nSPS) is 12.6. The summed E-state index contributed by atoms with van der Waals surface area (Å²) in [5, 5.41) is 7.58. The van der Waals surface area contributed by atoms with Crippen molar-refractivity contribution in [1.29, 1.82) is 5.41 Å². The summed E-state index contributed by atoms with van der Waals surface area (Å²) in [6.07, 6.45) is 0.527. The quantitative estimate of drug-likeness (QED) is 0.628. The highest BCUT2D eigenvalue weighted by Crippen LogP contribution is 2.28. The van der Waals surface area contributed by atoms with Crippen molar-refractivity contribution in [1.82, 2.24) is 4.90 Å². The van der Waals surface area contributed by atoms with Crippen LogP contribution in [0.15, 0.2) is 42.5 Å². The van der Waals surface area contributed by atoms with Crippen LogP contribution in [0.5, 0.6) is 0 Å². The average Bonchev–Trinajstić information content (AvgIpc) is 2.82. The van der Waals surface area contributed by atoms with Crippen LogP contribution in [0.1, 0.15) is 22.9 Å². The predicted molar refractivity (Wildman–Crippen MR) is 86.5 cm³/mol. The van der Waals surface area contributed by atoms with E-state index in [2.05, 4.69) is 17.0 Å². The third-order valence-electron chi connectivity index (χ3n) is 3.16. The fourth-order valence-electron chi connectivity index (χ4n) is 2.20. The van der Waals surface area contributed by atoms with E-state index in [-0.39, 0.29) is 11.9 Å². The van der Waals surface area contributed by atoms with Crippen molar-refractivity contribution >= 4 is 28.8 Å². The van der Waals surface area contributed by atoms with Crippen molar-refractivity contribution in [2.45, 2.75) is 19.0 Å². The van der Waals surface area contributed by atoms with Gasteiger partial charge in [0.25, 0.3) is 0 Å². The van der Waals surface area contributed by atoms with Crippen LogP contribution in [0, 0.1) is 5.41 Å². The van der Waals surface area contributed by atoms with Crippen molar-refractivity contribution in [2.75, 3.05) is 7.05 Å². The molecule has 1 aromatic heterocycles. The van der Waals surface area contributed by atoms with E-state index in [0.29, 0.717) is 6.42 Å². The van der Waals surface area contributed by atoms with E-state index in [4.69, 9.17) is 22.7 Å². The number of nitrogens with one attached hydrogen (secondary N) is 1. The van der Waals surface area contributed by atoms with E-state index < -0.39 is 0 Å². The highest BCUT2D eigenvalue weighted by atomic mass is 35.5. The van der Waals surface area contributed by atoms with Crippen molar-refractivity contribution in [3.63, 3.8) is 0 Å². The lowest BCUT2D eigenvalue weighted by molar-refractivity contribution is 0.243. The number of halogens is 1. The minimum atomic E-state index is 0.106. The van der Waals surface area contributed by atoms with Gasteiger partial charge in [0.15, 0.2) is 0 Å². The number of amidine groups is 1. The molecule has 0 bridgehead atoms. The molecule has 5 heteroatoms. The lowest BCUT2D eigenvalue weighted by Gasteiger charge is -2.27. The van der Waals surface area contributed by atoms with Gasteiger partial charge in [0.1, 0.15) is 0 Å². The third kappa shape index (κ3) is 4.07. The van der Waals surface area contributed by atoms with Crippen LogP contribution in [-0.4, -0.2) is 17.8 Å². The summed E-state index contributed by atoms with van der Waals surface area (Å²) >= 11 is 7.56. The number of hydrogen-bond acceptors (Lipinski definition) is 3. The molecule has 0 saturated heterocycles. The van der Waals surface area contributed by atoms with E-state index in [9.17, 15) is 0 Å². The number of benzene rings is 1. The number of thiophene rings is 1. The number of hydrogen-bond donors (Lipinski definition) is 2. The molecular weight excluding hydrogens is 290 g/mol. The van der Waals surface area contributed by atoms with Crippen molar-refractivity contribution < 1.29 is 0 Å². The molecule has 106 valence electrons. The van der Waals surface area contributed by atoms with Gasteiger partial charge in [-0.1, -0.05) is 41.9 Å². The SMILES string of the molecule is CN(Cc1ccc(Cl)s1)C(CC(=N)N)c1ccccc1. The smallest absolute Gasteiger partial charge is 0.0931 e. The molecule has 0 fully saturated rings. The van der Waals surface area contributed by atoms with Gasteiger partial charge >= 0.3 is 0 Å². The number of nitrogens with two attached hydrogens (primary N) is 1. The maximum atomic E-state index is 7.58. The first-order chi connectivity index (χ1) is 9.56. The maximum Gasteiger partial charge on any atom is 0.0931 e. The van der Waals surface area contributed by atoms with Crippen LogP contribution in [0.4, 0.5) is 0 Å². The summed E-state index contributed by atoms with van der Waals surface area (Å²) in [6.45, 7) is 0.796. The van der Waals surface area contributed by atoms with Crippen molar-refractivity contribution in [3.05, 3.63) is 57.2 Å². The minimum absolute atomic E-state index is 0.106. The fourth-order valence-corrected chi connectivity index (χ4v) is 3.36. The first-order valence-corrected chi connectivity index (χ1v) is 7.58. The maximum absolute atomic E-state index is 7.58. The standard InChI is InChI=1S/C15H18ClN3S/c1-19(10-12-7-8-14(16)20-12)13(9-15(17)18)11-5-3-2-4-6-11/h2-8,13H,9-10H2,1H3,(H3,17,18). The Kier molecular flexibility index (Phi) is 5.17. The van der Waals surface area contributed by atoms with Gasteiger partial charge in [-0.15, -0.1) is 11.3 Å². The van der Waals surface area contributed by atoms with Crippen LogP contribution in [-0.2, 0) is 6.54 Å². The first kappa shape index (κ1) is 15.0. The topological polar surface area (TPSA) is 53.1 Å². The molecule has 1 unspecified atom stereocenters. The molecule has 0 aliphatic rings. The molecule has 0 radical (unpaired) electrons. The second-order valence-electron chi connectivity index (χ2n) is 4.78. The Hall–Kier alpha value is -1.36. The minimum Gasteiger partial charge on any atom is -0.388 e. The van der Waals surface area contributed by atoms with Gasteiger partial charge in [0.2, 0.25) is 0 Å². The van der Waals surface area contributed by atoms with Gasteiger partial charge in [-0.2, -0.15) is 0 Å². The van der Waals surface area contributed by atoms with Crippen LogP contribution in [0.25, 0.3) is 0 Å². The Morgan fingerprint density at radius 3 is 2.55 bits per heavy atom. The molecule has 20 heavy (non-hydrogen) atoms. The highest BCUT2D eigenvalue weighted by Gasteiger charge is 2.18. The molecule has 2 aromatic rings. The highest BCUT2D eigenvalue weighted by molar-refractivity contribution is 7.16. The molecule has 1 aromatic carbocycles. The Bertz CT molecular complexity index is 568. The zero-order valence-corrected chi connectivity index (χ0v) is 12.9. The van der Waals surface area contributed by atoms with E-state index in [1.165, 1.54) is 10.4 Å². The van der Waals surface area contributed by atoms with Gasteiger partial charge in [-0.05, 0) is 24.7 Å². The lowest BCUT2D eigenvalue weighted by Crippen LogP contribution is -2.28. The molecule has 0 spiro atoms. The van der Waals surface area contributed by atoms with Crippen LogP contribution < -0.4 is 5.73 Å². The molecule has 3 nitrogen and oxygen atoms in total. The van der Waals surface area contributed by atoms with Gasteiger partial charge in [-0.25, -0.2) is 0 Å². The summed E-state index contributed by atoms with van der Waals surface area (Å²) in [6, 6.07) is 14.2. The second kappa shape index (κ2) is 6.88. The van der Waals surface area contributed by atoms with E-state index >= 15 is 0 Å². The molecule has 0 amide bonds. The van der Waals surface area contributed by atoms with E-state index in [0.717, 1.165) is 10.9 Å². The summed E-state index contributed by atoms with van der Waals surface area (Å²) < 4.78 is 0.802. The lowest BCUT2D eigenvalue weighted by atomic mass is 10.0. The first-order valence-electron chi connectivity index (χ1n) is 6.38. The third-order valence-corrected chi connectivity index (χ3v) is 4.38. The Morgan fingerprint density at radius 2 is 2.00 bits per heavy atom. The van der Waals surface area contributed by atoms with Crippen molar-refractivity contribution in [3.8, 4) is 0 Å². The Labute approximate surface area is 128 Å². The fraction of sp³-hybridized carbons (Fsp3) is 0.267. The molecular formula is C15H18ClN3S. The summed E-state index contributed by atoms with van der Waals surface area (Å²) in [7, 11) is 2.05. The van der Waals surface area contributed by atoms with E-state index in [1.807, 2.05) is 37.4 Å². The Morgan fingerprint density at radius 1 is 1.30 bits per heavy atom. The zero-order chi connectivity index (χ0) is 14.5. The zero-order valence-electron chi connectivity index (χ0n) is 11.3. The van der Waals surface area contributed by atoms with Gasteiger partial charge in [0.05, 0.1) is 10.2 Å². The van der Waals surface area contributed by atoms with Gasteiger partial charge in [-0.3, -0.25) is 10.3 Å². The molecule has 3 N–H and O–H groups in total. The van der Waals surface area contributed by atoms with Crippen molar-refractivity contribution in [2.24, 2.45) is 5.73 Å². The molecule has 1 heterocycles. The molecule has 0 aliphatic heterocycles.